The Kier molecular flexibility index (Phi) is 4.71. The van der Waals surface area contributed by atoms with E-state index in [-0.39, 0.29) is 5.43 Å². The Labute approximate surface area is 96.7 Å². The van der Waals surface area contributed by atoms with Crippen LogP contribution in [0.15, 0.2) is 17.1 Å². The summed E-state index contributed by atoms with van der Waals surface area (Å²) in [7, 11) is 4.08. The molecule has 1 aromatic rings. The van der Waals surface area contributed by atoms with Gasteiger partial charge in [-0.2, -0.15) is 0 Å². The zero-order valence-corrected chi connectivity index (χ0v) is 10.5. The predicted octanol–water partition coefficient (Wildman–Crippen LogP) is 0.723. The van der Waals surface area contributed by atoms with Crippen molar-refractivity contribution in [3.63, 3.8) is 0 Å². The molecule has 16 heavy (non-hydrogen) atoms. The smallest absolute Gasteiger partial charge is 0.186 e. The van der Waals surface area contributed by atoms with Gasteiger partial charge in [-0.1, -0.05) is 0 Å². The van der Waals surface area contributed by atoms with E-state index in [4.69, 9.17) is 0 Å². The summed E-state index contributed by atoms with van der Waals surface area (Å²) in [5, 5.41) is 3.33. The van der Waals surface area contributed by atoms with Gasteiger partial charge in [0, 0.05) is 42.7 Å². The molecule has 0 aliphatic heterocycles. The summed E-state index contributed by atoms with van der Waals surface area (Å²) in [5.74, 6) is 0. The lowest BCUT2D eigenvalue weighted by Crippen LogP contribution is -2.36. The fourth-order valence-corrected chi connectivity index (χ4v) is 1.64. The van der Waals surface area contributed by atoms with E-state index in [1.54, 1.807) is 12.3 Å². The predicted molar refractivity (Wildman–Crippen MR) is 66.7 cm³/mol. The third-order valence-electron chi connectivity index (χ3n) is 2.42. The highest BCUT2D eigenvalue weighted by atomic mass is 16.1. The second kappa shape index (κ2) is 5.82. The van der Waals surface area contributed by atoms with Crippen molar-refractivity contribution in [2.24, 2.45) is 0 Å². The van der Waals surface area contributed by atoms with E-state index in [0.29, 0.717) is 12.6 Å². The first-order valence-electron chi connectivity index (χ1n) is 5.55. The van der Waals surface area contributed by atoms with Crippen LogP contribution in [0.2, 0.25) is 0 Å². The summed E-state index contributed by atoms with van der Waals surface area (Å²) in [4.78, 5) is 16.8. The normalized spacial score (nSPS) is 13.1. The van der Waals surface area contributed by atoms with E-state index < -0.39 is 0 Å². The van der Waals surface area contributed by atoms with Crippen molar-refractivity contribution in [3.8, 4) is 0 Å². The topological polar surface area (TPSA) is 48.1 Å². The number of aromatic amines is 1. The second-order valence-corrected chi connectivity index (χ2v) is 4.55. The number of nitrogens with one attached hydrogen (secondary N) is 2. The number of pyridine rings is 1. The molecule has 1 rings (SSSR count). The van der Waals surface area contributed by atoms with Crippen molar-refractivity contribution < 1.29 is 0 Å². The van der Waals surface area contributed by atoms with Crippen molar-refractivity contribution in [1.82, 2.24) is 15.2 Å². The van der Waals surface area contributed by atoms with Gasteiger partial charge in [0.15, 0.2) is 5.43 Å². The molecule has 1 unspecified atom stereocenters. The third kappa shape index (κ3) is 4.16. The number of nitrogens with zero attached hydrogens (tertiary/aromatic N) is 1. The molecule has 90 valence electrons. The molecule has 1 aromatic heterocycles. The molecule has 4 nitrogen and oxygen atoms in total. The maximum atomic E-state index is 11.6. The minimum atomic E-state index is 0.0980. The quantitative estimate of drug-likeness (QED) is 0.773. The SMILES string of the molecule is Cc1cc(=O)c(CNC(C)CN(C)C)c[nH]1. The highest BCUT2D eigenvalue weighted by molar-refractivity contribution is 5.13. The molecule has 0 spiro atoms. The maximum Gasteiger partial charge on any atom is 0.186 e. The van der Waals surface area contributed by atoms with E-state index in [1.807, 2.05) is 21.0 Å². The fourth-order valence-electron chi connectivity index (χ4n) is 1.64. The van der Waals surface area contributed by atoms with E-state index in [1.165, 1.54) is 0 Å². The first-order chi connectivity index (χ1) is 7.49. The highest BCUT2D eigenvalue weighted by Crippen LogP contribution is 1.93. The zero-order chi connectivity index (χ0) is 12.1. The lowest BCUT2D eigenvalue weighted by molar-refractivity contribution is 0.349. The monoisotopic (exact) mass is 223 g/mol. The summed E-state index contributed by atoms with van der Waals surface area (Å²) in [6.07, 6.45) is 1.78. The average Bonchev–Trinajstić information content (AvgIpc) is 2.15. The molecule has 1 atom stereocenters. The molecule has 0 bridgehead atoms. The van der Waals surface area contributed by atoms with E-state index in [9.17, 15) is 4.79 Å². The Morgan fingerprint density at radius 2 is 2.19 bits per heavy atom. The molecule has 0 aromatic carbocycles. The molecular weight excluding hydrogens is 202 g/mol. The summed E-state index contributed by atoms with van der Waals surface area (Å²) < 4.78 is 0. The number of rotatable bonds is 5. The van der Waals surface area contributed by atoms with E-state index in [2.05, 4.69) is 22.1 Å². The number of likely N-dealkylation sites (N-methyl/N-ethyl adjacent to an activating group) is 1. The minimum Gasteiger partial charge on any atom is -0.365 e. The summed E-state index contributed by atoms with van der Waals surface area (Å²) in [5.41, 5.74) is 1.78. The Bertz CT molecular complexity index is 384. The van der Waals surface area contributed by atoms with Crippen LogP contribution < -0.4 is 10.7 Å². The fraction of sp³-hybridized carbons (Fsp3) is 0.583. The molecule has 0 aliphatic rings. The molecule has 2 N–H and O–H groups in total. The van der Waals surface area contributed by atoms with Crippen LogP contribution in [0.25, 0.3) is 0 Å². The molecule has 0 amide bonds. The van der Waals surface area contributed by atoms with E-state index >= 15 is 0 Å². The van der Waals surface area contributed by atoms with Crippen LogP contribution in [0.4, 0.5) is 0 Å². The van der Waals surface area contributed by atoms with Crippen molar-refractivity contribution >= 4 is 0 Å². The Hall–Kier alpha value is -1.13. The van der Waals surface area contributed by atoms with Gasteiger partial charge in [-0.15, -0.1) is 0 Å². The first-order valence-corrected chi connectivity index (χ1v) is 5.55. The largest absolute Gasteiger partial charge is 0.365 e. The third-order valence-corrected chi connectivity index (χ3v) is 2.42. The molecule has 0 radical (unpaired) electrons. The van der Waals surface area contributed by atoms with Crippen molar-refractivity contribution in [2.45, 2.75) is 26.4 Å². The Morgan fingerprint density at radius 1 is 1.50 bits per heavy atom. The highest BCUT2D eigenvalue weighted by Gasteiger charge is 2.04. The second-order valence-electron chi connectivity index (χ2n) is 4.55. The molecule has 4 heteroatoms. The van der Waals surface area contributed by atoms with Gasteiger partial charge in [-0.05, 0) is 27.9 Å². The van der Waals surface area contributed by atoms with Crippen LogP contribution in [-0.4, -0.2) is 36.6 Å². The number of hydrogen-bond donors (Lipinski definition) is 2. The van der Waals surface area contributed by atoms with Gasteiger partial charge >= 0.3 is 0 Å². The number of H-pyrrole nitrogens is 1. The minimum absolute atomic E-state index is 0.0980. The average molecular weight is 223 g/mol. The summed E-state index contributed by atoms with van der Waals surface area (Å²) in [6.45, 7) is 5.57. The van der Waals surface area contributed by atoms with Crippen LogP contribution in [-0.2, 0) is 6.54 Å². The summed E-state index contributed by atoms with van der Waals surface area (Å²) in [6, 6.07) is 2.00. The van der Waals surface area contributed by atoms with Gasteiger partial charge < -0.3 is 15.2 Å². The molecule has 0 aliphatic carbocycles. The summed E-state index contributed by atoms with van der Waals surface area (Å²) >= 11 is 0. The maximum absolute atomic E-state index is 11.6. The zero-order valence-electron chi connectivity index (χ0n) is 10.5. The van der Waals surface area contributed by atoms with Crippen molar-refractivity contribution in [3.05, 3.63) is 33.7 Å². The number of hydrogen-bond acceptors (Lipinski definition) is 3. The lowest BCUT2D eigenvalue weighted by atomic mass is 10.2. The van der Waals surface area contributed by atoms with Crippen LogP contribution in [0.1, 0.15) is 18.2 Å². The Balaban J connectivity index is 2.51. The molecular formula is C12H21N3O. The van der Waals surface area contributed by atoms with Gasteiger partial charge in [0.05, 0.1) is 0 Å². The van der Waals surface area contributed by atoms with Gasteiger partial charge in [0.25, 0.3) is 0 Å². The molecule has 0 saturated carbocycles. The molecule has 0 fully saturated rings. The molecule has 1 heterocycles. The van der Waals surface area contributed by atoms with Gasteiger partial charge in [-0.3, -0.25) is 4.79 Å². The van der Waals surface area contributed by atoms with Crippen LogP contribution in [0, 0.1) is 6.92 Å². The molecule has 0 saturated heterocycles. The van der Waals surface area contributed by atoms with Crippen LogP contribution in [0.3, 0.4) is 0 Å². The van der Waals surface area contributed by atoms with Crippen molar-refractivity contribution in [1.29, 1.82) is 0 Å². The first kappa shape index (κ1) is 12.9. The van der Waals surface area contributed by atoms with Crippen LogP contribution in [0.5, 0.6) is 0 Å². The van der Waals surface area contributed by atoms with Gasteiger partial charge in [-0.25, -0.2) is 0 Å². The van der Waals surface area contributed by atoms with Crippen molar-refractivity contribution in [2.75, 3.05) is 20.6 Å². The Morgan fingerprint density at radius 3 is 2.75 bits per heavy atom. The van der Waals surface area contributed by atoms with Crippen LogP contribution >= 0.6 is 0 Å². The van der Waals surface area contributed by atoms with E-state index in [0.717, 1.165) is 17.8 Å². The van der Waals surface area contributed by atoms with Gasteiger partial charge in [0.1, 0.15) is 0 Å². The number of aryl methyl sites for hydroxylation is 1. The lowest BCUT2D eigenvalue weighted by Gasteiger charge is -2.18. The van der Waals surface area contributed by atoms with Gasteiger partial charge in [0.2, 0.25) is 0 Å². The number of aromatic nitrogens is 1. The standard InChI is InChI=1S/C12H21N3O/c1-9-5-12(16)11(6-13-9)7-14-10(2)8-15(3)4/h5-6,10,14H,7-8H2,1-4H3,(H,13,16).